The molecular formula is C25H25BrN6O2S2. The second-order valence-corrected chi connectivity index (χ2v) is 10.7. The number of halogens is 1. The average Bonchev–Trinajstić information content (AvgIpc) is 3.50. The van der Waals surface area contributed by atoms with Crippen molar-refractivity contribution >= 4 is 56.0 Å². The van der Waals surface area contributed by atoms with Gasteiger partial charge < -0.3 is 15.2 Å². The first-order valence-electron chi connectivity index (χ1n) is 11.3. The average molecular weight is 586 g/mol. The van der Waals surface area contributed by atoms with Crippen molar-refractivity contribution in [3.63, 3.8) is 0 Å². The first kappa shape index (κ1) is 26.1. The lowest BCUT2D eigenvalue weighted by molar-refractivity contribution is -0.113. The zero-order valence-corrected chi connectivity index (χ0v) is 23.2. The standard InChI is InChI=1S/C25H25BrN6O2S2/c1-4-32-22(16(3)27-23(34)18-7-5-15(2)6-8-18)30-31-25(32)36-14-21(33)29-24-28-20(13-35-24)17-9-11-19(26)12-10-17/h5-13,16H,4,14H2,1-3H3,(H,27,34)(H,28,29,33)/t16-/m0/s1. The summed E-state index contributed by atoms with van der Waals surface area (Å²) >= 11 is 6.10. The van der Waals surface area contributed by atoms with E-state index >= 15 is 0 Å². The number of amides is 2. The van der Waals surface area contributed by atoms with Gasteiger partial charge in [0.15, 0.2) is 16.1 Å². The van der Waals surface area contributed by atoms with Crippen LogP contribution in [0.25, 0.3) is 11.3 Å². The monoisotopic (exact) mass is 584 g/mol. The Labute approximate surface area is 226 Å². The molecule has 2 aromatic carbocycles. The second-order valence-electron chi connectivity index (χ2n) is 8.03. The molecule has 0 saturated heterocycles. The van der Waals surface area contributed by atoms with Crippen LogP contribution in [0.1, 0.15) is 41.6 Å². The van der Waals surface area contributed by atoms with Crippen molar-refractivity contribution in [1.29, 1.82) is 0 Å². The Morgan fingerprint density at radius 2 is 1.83 bits per heavy atom. The Morgan fingerprint density at radius 1 is 1.11 bits per heavy atom. The normalized spacial score (nSPS) is 11.8. The molecule has 0 fully saturated rings. The van der Waals surface area contributed by atoms with E-state index in [0.717, 1.165) is 21.3 Å². The van der Waals surface area contributed by atoms with Crippen LogP contribution in [-0.2, 0) is 11.3 Å². The smallest absolute Gasteiger partial charge is 0.251 e. The lowest BCUT2D eigenvalue weighted by Crippen LogP contribution is -2.28. The number of anilines is 1. The predicted octanol–water partition coefficient (Wildman–Crippen LogP) is 5.71. The predicted molar refractivity (Wildman–Crippen MR) is 147 cm³/mol. The van der Waals surface area contributed by atoms with Crippen LogP contribution in [0, 0.1) is 6.92 Å². The molecule has 36 heavy (non-hydrogen) atoms. The number of rotatable bonds is 9. The van der Waals surface area contributed by atoms with E-state index in [2.05, 4.69) is 41.7 Å². The largest absolute Gasteiger partial charge is 0.342 e. The van der Waals surface area contributed by atoms with Crippen molar-refractivity contribution in [3.05, 3.63) is 75.3 Å². The molecule has 2 heterocycles. The third-order valence-electron chi connectivity index (χ3n) is 5.33. The summed E-state index contributed by atoms with van der Waals surface area (Å²) in [5.74, 6) is 0.451. The van der Waals surface area contributed by atoms with Gasteiger partial charge >= 0.3 is 0 Å². The summed E-state index contributed by atoms with van der Waals surface area (Å²) in [5.41, 5.74) is 3.48. The number of aryl methyl sites for hydroxylation is 1. The summed E-state index contributed by atoms with van der Waals surface area (Å²) in [6.07, 6.45) is 0. The summed E-state index contributed by atoms with van der Waals surface area (Å²) in [4.78, 5) is 29.7. The summed E-state index contributed by atoms with van der Waals surface area (Å²) in [6.45, 7) is 6.44. The lowest BCUT2D eigenvalue weighted by atomic mass is 10.1. The fraction of sp³-hybridized carbons (Fsp3) is 0.240. The van der Waals surface area contributed by atoms with E-state index in [4.69, 9.17) is 0 Å². The Kier molecular flexibility index (Phi) is 8.55. The fourth-order valence-corrected chi connectivity index (χ4v) is 5.25. The van der Waals surface area contributed by atoms with Crippen molar-refractivity contribution in [3.8, 4) is 11.3 Å². The van der Waals surface area contributed by atoms with Crippen LogP contribution < -0.4 is 10.6 Å². The summed E-state index contributed by atoms with van der Waals surface area (Å²) in [5, 5.41) is 17.5. The molecule has 0 unspecified atom stereocenters. The number of carbonyl (C=O) groups excluding carboxylic acids is 2. The van der Waals surface area contributed by atoms with Crippen molar-refractivity contribution in [2.24, 2.45) is 0 Å². The van der Waals surface area contributed by atoms with E-state index in [-0.39, 0.29) is 23.6 Å². The molecule has 0 saturated carbocycles. The van der Waals surface area contributed by atoms with Crippen molar-refractivity contribution in [1.82, 2.24) is 25.1 Å². The van der Waals surface area contributed by atoms with Gasteiger partial charge in [0.05, 0.1) is 17.5 Å². The van der Waals surface area contributed by atoms with Crippen LogP contribution in [-0.4, -0.2) is 37.3 Å². The number of nitrogens with zero attached hydrogens (tertiary/aromatic N) is 4. The van der Waals surface area contributed by atoms with Gasteiger partial charge in [0, 0.05) is 27.5 Å². The van der Waals surface area contributed by atoms with Gasteiger partial charge in [-0.2, -0.15) is 0 Å². The van der Waals surface area contributed by atoms with Crippen LogP contribution in [0.15, 0.2) is 63.5 Å². The zero-order valence-electron chi connectivity index (χ0n) is 20.0. The summed E-state index contributed by atoms with van der Waals surface area (Å²) in [6, 6.07) is 14.9. The molecular weight excluding hydrogens is 560 g/mol. The molecule has 2 N–H and O–H groups in total. The molecule has 4 aromatic rings. The van der Waals surface area contributed by atoms with Gasteiger partial charge in [0.2, 0.25) is 5.91 Å². The highest BCUT2D eigenvalue weighted by Crippen LogP contribution is 2.27. The minimum atomic E-state index is -0.346. The number of aromatic nitrogens is 4. The van der Waals surface area contributed by atoms with E-state index in [1.54, 1.807) is 12.1 Å². The molecule has 8 nitrogen and oxygen atoms in total. The van der Waals surface area contributed by atoms with Crippen molar-refractivity contribution < 1.29 is 9.59 Å². The highest BCUT2D eigenvalue weighted by Gasteiger charge is 2.20. The van der Waals surface area contributed by atoms with E-state index in [9.17, 15) is 9.59 Å². The molecule has 4 rings (SSSR count). The lowest BCUT2D eigenvalue weighted by Gasteiger charge is -2.15. The van der Waals surface area contributed by atoms with Crippen LogP contribution >= 0.6 is 39.0 Å². The van der Waals surface area contributed by atoms with Gasteiger partial charge in [-0.3, -0.25) is 9.59 Å². The maximum atomic E-state index is 12.6. The zero-order chi connectivity index (χ0) is 25.7. The number of nitrogens with one attached hydrogen (secondary N) is 2. The molecule has 0 bridgehead atoms. The fourth-order valence-electron chi connectivity index (χ4n) is 3.44. The number of benzene rings is 2. The van der Waals surface area contributed by atoms with Gasteiger partial charge in [-0.25, -0.2) is 4.98 Å². The maximum Gasteiger partial charge on any atom is 0.251 e. The Balaban J connectivity index is 1.34. The second kappa shape index (κ2) is 11.8. The molecule has 2 aromatic heterocycles. The Morgan fingerprint density at radius 3 is 2.53 bits per heavy atom. The number of hydrogen-bond donors (Lipinski definition) is 2. The number of thioether (sulfide) groups is 1. The maximum absolute atomic E-state index is 12.6. The third kappa shape index (κ3) is 6.40. The Hall–Kier alpha value is -3.02. The molecule has 186 valence electrons. The minimum absolute atomic E-state index is 0.162. The van der Waals surface area contributed by atoms with E-state index in [1.807, 2.05) is 67.1 Å². The molecule has 11 heteroatoms. The van der Waals surface area contributed by atoms with Crippen LogP contribution in [0.2, 0.25) is 0 Å². The Bertz CT molecular complexity index is 1350. The molecule has 0 radical (unpaired) electrons. The van der Waals surface area contributed by atoms with Gasteiger partial charge in [0.25, 0.3) is 5.91 Å². The molecule has 0 aliphatic rings. The van der Waals surface area contributed by atoms with Gasteiger partial charge in [-0.15, -0.1) is 21.5 Å². The highest BCUT2D eigenvalue weighted by atomic mass is 79.9. The van der Waals surface area contributed by atoms with Crippen LogP contribution in [0.5, 0.6) is 0 Å². The van der Waals surface area contributed by atoms with E-state index in [0.29, 0.717) is 28.2 Å². The van der Waals surface area contributed by atoms with E-state index < -0.39 is 0 Å². The molecule has 1 atom stereocenters. The summed E-state index contributed by atoms with van der Waals surface area (Å²) in [7, 11) is 0. The third-order valence-corrected chi connectivity index (χ3v) is 7.59. The number of thiazole rings is 1. The first-order valence-corrected chi connectivity index (χ1v) is 13.9. The van der Waals surface area contributed by atoms with Crippen LogP contribution in [0.4, 0.5) is 5.13 Å². The minimum Gasteiger partial charge on any atom is -0.342 e. The molecule has 0 spiro atoms. The molecule has 0 aliphatic carbocycles. The molecule has 0 aliphatic heterocycles. The summed E-state index contributed by atoms with van der Waals surface area (Å²) < 4.78 is 2.91. The highest BCUT2D eigenvalue weighted by molar-refractivity contribution is 9.10. The van der Waals surface area contributed by atoms with Crippen molar-refractivity contribution in [2.75, 3.05) is 11.1 Å². The van der Waals surface area contributed by atoms with Gasteiger partial charge in [-0.1, -0.05) is 57.5 Å². The quantitative estimate of drug-likeness (QED) is 0.244. The number of hydrogen-bond acceptors (Lipinski definition) is 7. The van der Waals surface area contributed by atoms with E-state index in [1.165, 1.54) is 23.1 Å². The SMILES string of the molecule is CCn1c(SCC(=O)Nc2nc(-c3ccc(Br)cc3)cs2)nnc1[C@H](C)NC(=O)c1ccc(C)cc1. The first-order chi connectivity index (χ1) is 17.3. The van der Waals surface area contributed by atoms with Crippen molar-refractivity contribution in [2.45, 2.75) is 38.5 Å². The van der Waals surface area contributed by atoms with Gasteiger partial charge in [-0.05, 0) is 45.0 Å². The topological polar surface area (TPSA) is 102 Å². The number of carbonyl (C=O) groups is 2. The van der Waals surface area contributed by atoms with Gasteiger partial charge in [0.1, 0.15) is 0 Å². The van der Waals surface area contributed by atoms with Crippen LogP contribution in [0.3, 0.4) is 0 Å². The molecule has 2 amide bonds.